The number of aromatic carboxylic acids is 2. The van der Waals surface area contributed by atoms with Crippen molar-refractivity contribution in [1.82, 2.24) is 5.32 Å². The van der Waals surface area contributed by atoms with E-state index in [1.54, 1.807) is 36.4 Å². The number of carboxylic acid groups (broad SMARTS) is 2. The van der Waals surface area contributed by atoms with E-state index in [9.17, 15) is 14.4 Å². The molecule has 0 bridgehead atoms. The number of benzene rings is 2. The molecule has 3 N–H and O–H groups in total. The van der Waals surface area contributed by atoms with Gasteiger partial charge >= 0.3 is 11.9 Å². The molecule has 0 aliphatic carbocycles. The van der Waals surface area contributed by atoms with Crippen molar-refractivity contribution in [1.29, 1.82) is 0 Å². The molecule has 1 aliphatic heterocycles. The molecule has 152 valence electrons. The third kappa shape index (κ3) is 5.15. The van der Waals surface area contributed by atoms with Gasteiger partial charge in [-0.2, -0.15) is 0 Å². The second-order valence-corrected chi connectivity index (χ2v) is 7.06. The maximum atomic E-state index is 12.2. The third-order valence-electron chi connectivity index (χ3n) is 3.84. The fourth-order valence-electron chi connectivity index (χ4n) is 2.49. The van der Waals surface area contributed by atoms with Crippen LogP contribution in [0.1, 0.15) is 26.3 Å². The van der Waals surface area contributed by atoms with Crippen LogP contribution in [-0.4, -0.2) is 39.8 Å². The predicted octanol–water partition coefficient (Wildman–Crippen LogP) is 3.54. The smallest absolute Gasteiger partial charge is 0.335 e. The highest BCUT2D eigenvalue weighted by atomic mass is 32.2. The Kier molecular flexibility index (Phi) is 6.33. The van der Waals surface area contributed by atoms with Gasteiger partial charge in [0.2, 0.25) is 0 Å². The predicted molar refractivity (Wildman–Crippen MR) is 113 cm³/mol. The molecule has 0 spiro atoms. The van der Waals surface area contributed by atoms with Crippen LogP contribution in [0.5, 0.6) is 5.75 Å². The lowest BCUT2D eigenvalue weighted by Crippen LogP contribution is -2.19. The Balaban J connectivity index is 1.82. The van der Waals surface area contributed by atoms with Gasteiger partial charge < -0.3 is 20.3 Å². The Morgan fingerprint density at radius 3 is 2.30 bits per heavy atom. The number of hydrogen-bond donors (Lipinski definition) is 3. The van der Waals surface area contributed by atoms with Gasteiger partial charge in [-0.25, -0.2) is 14.6 Å². The van der Waals surface area contributed by atoms with Crippen LogP contribution >= 0.6 is 11.8 Å². The fraction of sp³-hybridized carbons (Fsp3) is 0.0476. The average Bonchev–Trinajstić information content (AvgIpc) is 3.05. The molecule has 9 heteroatoms. The first-order valence-corrected chi connectivity index (χ1v) is 9.42. The van der Waals surface area contributed by atoms with E-state index in [0.29, 0.717) is 17.3 Å². The summed E-state index contributed by atoms with van der Waals surface area (Å²) < 4.78 is 5.41. The van der Waals surface area contributed by atoms with E-state index in [2.05, 4.69) is 16.9 Å². The monoisotopic (exact) mass is 424 g/mol. The van der Waals surface area contributed by atoms with Crippen LogP contribution in [0.2, 0.25) is 0 Å². The number of amides is 1. The van der Waals surface area contributed by atoms with Gasteiger partial charge in [0.1, 0.15) is 12.4 Å². The summed E-state index contributed by atoms with van der Waals surface area (Å²) in [6.07, 6.45) is 3.32. The van der Waals surface area contributed by atoms with Gasteiger partial charge in [0.25, 0.3) is 5.91 Å². The Morgan fingerprint density at radius 1 is 1.10 bits per heavy atom. The molecule has 8 nitrogen and oxygen atoms in total. The molecule has 0 atom stereocenters. The molecular formula is C21H16N2O6S. The van der Waals surface area contributed by atoms with Gasteiger partial charge in [0.05, 0.1) is 21.7 Å². The summed E-state index contributed by atoms with van der Waals surface area (Å²) in [5, 5.41) is 21.1. The van der Waals surface area contributed by atoms with E-state index >= 15 is 0 Å². The molecule has 3 rings (SSSR count). The molecule has 1 saturated heterocycles. The van der Waals surface area contributed by atoms with Crippen molar-refractivity contribution in [3.05, 3.63) is 76.7 Å². The van der Waals surface area contributed by atoms with E-state index in [1.807, 2.05) is 0 Å². The summed E-state index contributed by atoms with van der Waals surface area (Å²) in [5.41, 5.74) is 0.470. The van der Waals surface area contributed by atoms with Crippen molar-refractivity contribution < 1.29 is 29.3 Å². The van der Waals surface area contributed by atoms with E-state index in [-0.39, 0.29) is 27.9 Å². The number of nitrogens with one attached hydrogen (secondary N) is 1. The van der Waals surface area contributed by atoms with Crippen molar-refractivity contribution in [3.8, 4) is 5.75 Å². The van der Waals surface area contributed by atoms with Crippen LogP contribution in [0.25, 0.3) is 6.08 Å². The number of carbonyl (C=O) groups excluding carboxylic acids is 1. The summed E-state index contributed by atoms with van der Waals surface area (Å²) in [6, 6.07) is 10.6. The average molecular weight is 424 g/mol. The number of amidine groups is 1. The zero-order valence-corrected chi connectivity index (χ0v) is 16.3. The number of aliphatic imine (C=N–C) groups is 1. The third-order valence-corrected chi connectivity index (χ3v) is 4.75. The zero-order chi connectivity index (χ0) is 21.7. The zero-order valence-electron chi connectivity index (χ0n) is 15.5. The Morgan fingerprint density at radius 2 is 1.73 bits per heavy atom. The maximum absolute atomic E-state index is 12.2. The number of carbonyl (C=O) groups is 3. The van der Waals surface area contributed by atoms with Gasteiger partial charge in [-0.05, 0) is 53.7 Å². The van der Waals surface area contributed by atoms with Crippen molar-refractivity contribution >= 4 is 46.5 Å². The number of hydrogen-bond acceptors (Lipinski definition) is 6. The summed E-state index contributed by atoms with van der Waals surface area (Å²) in [4.78, 5) is 39.2. The van der Waals surface area contributed by atoms with Gasteiger partial charge in [0.15, 0.2) is 5.17 Å². The van der Waals surface area contributed by atoms with Gasteiger partial charge in [-0.1, -0.05) is 24.8 Å². The molecule has 1 amide bonds. The Hall–Kier alpha value is -3.85. The van der Waals surface area contributed by atoms with Gasteiger partial charge in [-0.15, -0.1) is 0 Å². The number of nitrogens with zero attached hydrogens (tertiary/aromatic N) is 1. The molecular weight excluding hydrogens is 408 g/mol. The molecule has 0 aromatic heterocycles. The summed E-state index contributed by atoms with van der Waals surface area (Å²) in [5.74, 6) is -2.23. The first-order valence-electron chi connectivity index (χ1n) is 8.61. The lowest BCUT2D eigenvalue weighted by Gasteiger charge is -2.03. The molecule has 30 heavy (non-hydrogen) atoms. The summed E-state index contributed by atoms with van der Waals surface area (Å²) >= 11 is 1.07. The minimum absolute atomic E-state index is 0.111. The van der Waals surface area contributed by atoms with Gasteiger partial charge in [0, 0.05) is 0 Å². The van der Waals surface area contributed by atoms with Crippen molar-refractivity contribution in [2.24, 2.45) is 4.99 Å². The SMILES string of the molecule is C=CCOc1ccc(/C=C2\SC(=Nc3cc(C(=O)O)cc(C(=O)O)c3)NC2=O)cc1. The maximum Gasteiger partial charge on any atom is 0.335 e. The molecule has 1 aliphatic rings. The number of thioether (sulfide) groups is 1. The van der Waals surface area contributed by atoms with Crippen LogP contribution < -0.4 is 10.1 Å². The second-order valence-electron chi connectivity index (χ2n) is 6.03. The van der Waals surface area contributed by atoms with E-state index in [1.165, 1.54) is 12.1 Å². The molecule has 0 unspecified atom stereocenters. The van der Waals surface area contributed by atoms with Crippen molar-refractivity contribution in [3.63, 3.8) is 0 Å². The molecule has 1 fully saturated rings. The lowest BCUT2D eigenvalue weighted by atomic mass is 10.1. The van der Waals surface area contributed by atoms with Gasteiger partial charge in [-0.3, -0.25) is 4.79 Å². The fourth-order valence-corrected chi connectivity index (χ4v) is 3.33. The van der Waals surface area contributed by atoms with E-state index < -0.39 is 11.9 Å². The first-order chi connectivity index (χ1) is 14.4. The number of ether oxygens (including phenoxy) is 1. The second kappa shape index (κ2) is 9.10. The quantitative estimate of drug-likeness (QED) is 0.458. The van der Waals surface area contributed by atoms with E-state index in [0.717, 1.165) is 23.4 Å². The van der Waals surface area contributed by atoms with Crippen LogP contribution in [0.3, 0.4) is 0 Å². The highest BCUT2D eigenvalue weighted by Crippen LogP contribution is 2.29. The Bertz CT molecular complexity index is 1060. The van der Waals surface area contributed by atoms with E-state index in [4.69, 9.17) is 14.9 Å². The van der Waals surface area contributed by atoms with Crippen LogP contribution in [0.4, 0.5) is 5.69 Å². The largest absolute Gasteiger partial charge is 0.490 e. The molecule has 2 aromatic rings. The number of rotatable bonds is 7. The first kappa shape index (κ1) is 20.9. The lowest BCUT2D eigenvalue weighted by molar-refractivity contribution is -0.115. The minimum atomic E-state index is -1.27. The minimum Gasteiger partial charge on any atom is -0.490 e. The molecule has 0 radical (unpaired) electrons. The van der Waals surface area contributed by atoms with Crippen LogP contribution in [0.15, 0.2) is 65.0 Å². The highest BCUT2D eigenvalue weighted by Gasteiger charge is 2.24. The topological polar surface area (TPSA) is 125 Å². The summed E-state index contributed by atoms with van der Waals surface area (Å²) in [7, 11) is 0. The summed E-state index contributed by atoms with van der Waals surface area (Å²) in [6.45, 7) is 3.98. The van der Waals surface area contributed by atoms with Crippen molar-refractivity contribution in [2.75, 3.05) is 6.61 Å². The molecule has 0 saturated carbocycles. The molecule has 2 aromatic carbocycles. The standard InChI is InChI=1S/C21H16N2O6S/c1-2-7-29-16-5-3-12(4-6-16)8-17-18(24)23-21(30-17)22-15-10-13(19(25)26)9-14(11-15)20(27)28/h2-6,8-11H,1,7H2,(H,25,26)(H,27,28)(H,22,23,24)/b17-8-. The molecule has 1 heterocycles. The normalized spacial score (nSPS) is 15.8. The van der Waals surface area contributed by atoms with Crippen LogP contribution in [-0.2, 0) is 4.79 Å². The number of carboxylic acids is 2. The van der Waals surface area contributed by atoms with Crippen LogP contribution in [0, 0.1) is 0 Å². The van der Waals surface area contributed by atoms with Crippen molar-refractivity contribution in [2.45, 2.75) is 0 Å². The highest BCUT2D eigenvalue weighted by molar-refractivity contribution is 8.18. The Labute approximate surface area is 175 Å².